The molecule has 1 aliphatic rings. The number of hydrogen-bond acceptors (Lipinski definition) is 5. The minimum absolute atomic E-state index is 0.205. The highest BCUT2D eigenvalue weighted by molar-refractivity contribution is 7.94. The molecule has 0 fully saturated rings. The highest BCUT2D eigenvalue weighted by atomic mass is 32.2. The number of cyclic esters (lactones) is 1. The maximum Gasteiger partial charge on any atom is 0.411 e. The van der Waals surface area contributed by atoms with Gasteiger partial charge in [-0.05, 0) is 42.1 Å². The minimum atomic E-state index is -4.84. The van der Waals surface area contributed by atoms with Gasteiger partial charge in [0.15, 0.2) is 0 Å². The smallest absolute Gasteiger partial charge is 0.411 e. The molecule has 24 heavy (non-hydrogen) atoms. The quantitative estimate of drug-likeness (QED) is 0.889. The monoisotopic (exact) mass is 373 g/mol. The summed E-state index contributed by atoms with van der Waals surface area (Å²) in [6.07, 6.45) is -0.979. The summed E-state index contributed by atoms with van der Waals surface area (Å²) in [6, 6.07) is 5.92. The fourth-order valence-electron chi connectivity index (χ4n) is 2.44. The van der Waals surface area contributed by atoms with Crippen molar-refractivity contribution in [2.45, 2.75) is 28.9 Å². The van der Waals surface area contributed by atoms with Crippen LogP contribution in [0.25, 0.3) is 0 Å². The number of anilines is 1. The maximum absolute atomic E-state index is 14.6. The molecule has 0 radical (unpaired) electrons. The highest BCUT2D eigenvalue weighted by Gasteiger charge is 2.48. The Morgan fingerprint density at radius 3 is 2.75 bits per heavy atom. The molecule has 128 valence electrons. The Morgan fingerprint density at radius 1 is 1.33 bits per heavy atom. The van der Waals surface area contributed by atoms with E-state index in [2.05, 4.69) is 5.32 Å². The number of carbonyl (C=O) groups excluding carboxylic acids is 1. The molecule has 0 saturated heterocycles. The van der Waals surface area contributed by atoms with Gasteiger partial charge in [-0.25, -0.2) is 13.2 Å². The van der Waals surface area contributed by atoms with Gasteiger partial charge in [-0.2, -0.15) is 8.78 Å². The van der Waals surface area contributed by atoms with Gasteiger partial charge in [-0.1, -0.05) is 6.07 Å². The maximum atomic E-state index is 14.6. The van der Waals surface area contributed by atoms with Crippen LogP contribution < -0.4 is 5.32 Å². The van der Waals surface area contributed by atoms with E-state index in [0.717, 1.165) is 29.5 Å². The van der Waals surface area contributed by atoms with Gasteiger partial charge in [-0.15, -0.1) is 11.3 Å². The minimum Gasteiger partial charge on any atom is -0.446 e. The molecule has 1 amide bonds. The average molecular weight is 373 g/mol. The Labute approximate surface area is 141 Å². The number of fused-ring (bicyclic) bond motifs is 1. The van der Waals surface area contributed by atoms with Crippen molar-refractivity contribution in [3.05, 3.63) is 46.8 Å². The first-order chi connectivity index (χ1) is 11.2. The summed E-state index contributed by atoms with van der Waals surface area (Å²) in [5.41, 5.74) is 0.0855. The van der Waals surface area contributed by atoms with Crippen LogP contribution >= 0.6 is 11.3 Å². The van der Waals surface area contributed by atoms with Crippen molar-refractivity contribution in [1.29, 1.82) is 0 Å². The topological polar surface area (TPSA) is 72.5 Å². The van der Waals surface area contributed by atoms with Crippen LogP contribution in [0.4, 0.5) is 19.3 Å². The molecule has 1 unspecified atom stereocenters. The molecule has 1 N–H and O–H groups in total. The normalized spacial score (nSPS) is 18.3. The first kappa shape index (κ1) is 16.8. The molecule has 5 nitrogen and oxygen atoms in total. The van der Waals surface area contributed by atoms with E-state index in [4.69, 9.17) is 4.74 Å². The summed E-state index contributed by atoms with van der Waals surface area (Å²) in [5.74, 6) is 0. The Morgan fingerprint density at radius 2 is 2.08 bits per heavy atom. The summed E-state index contributed by atoms with van der Waals surface area (Å²) in [5, 5.41) is -0.207. The Balaban J connectivity index is 2.05. The van der Waals surface area contributed by atoms with Gasteiger partial charge in [0.05, 0.1) is 0 Å². The molecule has 9 heteroatoms. The van der Waals surface area contributed by atoms with E-state index in [9.17, 15) is 22.0 Å². The number of amides is 1. The molecule has 0 bridgehead atoms. The lowest BCUT2D eigenvalue weighted by Crippen LogP contribution is -2.26. The number of sulfone groups is 1. The van der Waals surface area contributed by atoms with E-state index in [1.54, 1.807) is 6.92 Å². The lowest BCUT2D eigenvalue weighted by atomic mass is 10.0. The molecular weight excluding hydrogens is 360 g/mol. The van der Waals surface area contributed by atoms with Crippen molar-refractivity contribution < 1.29 is 26.7 Å². The zero-order valence-electron chi connectivity index (χ0n) is 12.5. The van der Waals surface area contributed by atoms with Crippen molar-refractivity contribution in [3.63, 3.8) is 0 Å². The molecule has 0 saturated carbocycles. The predicted molar refractivity (Wildman–Crippen MR) is 85.1 cm³/mol. The summed E-state index contributed by atoms with van der Waals surface area (Å²) < 4.78 is 58.3. The van der Waals surface area contributed by atoms with E-state index < -0.39 is 37.1 Å². The van der Waals surface area contributed by atoms with Crippen molar-refractivity contribution in [3.8, 4) is 0 Å². The van der Waals surface area contributed by atoms with E-state index in [1.165, 1.54) is 17.5 Å². The van der Waals surface area contributed by atoms with Crippen molar-refractivity contribution in [1.82, 2.24) is 0 Å². The largest absolute Gasteiger partial charge is 0.446 e. The van der Waals surface area contributed by atoms with Gasteiger partial charge in [0.25, 0.3) is 9.84 Å². The second kappa shape index (κ2) is 5.82. The van der Waals surface area contributed by atoms with Gasteiger partial charge in [0, 0.05) is 17.7 Å². The Hall–Kier alpha value is -2.00. The number of ether oxygens (including phenoxy) is 1. The van der Waals surface area contributed by atoms with Crippen LogP contribution in [0.3, 0.4) is 0 Å². The van der Waals surface area contributed by atoms with E-state index in [1.807, 2.05) is 0 Å². The molecule has 1 aliphatic heterocycles. The standard InChI is InChI=1S/C15H13F2NO4S2/c1-9-7-10-8-11(4-5-12(10)18-14(19)22-9)15(16,17)24(20,21)13-3-2-6-23-13/h2-6,8-9H,7H2,1H3,(H,18,19). The predicted octanol–water partition coefficient (Wildman–Crippen LogP) is 3.76. The van der Waals surface area contributed by atoms with Gasteiger partial charge in [0.1, 0.15) is 10.3 Å². The molecule has 1 atom stereocenters. The lowest BCUT2D eigenvalue weighted by Gasteiger charge is -2.18. The third kappa shape index (κ3) is 2.78. The molecule has 3 rings (SSSR count). The fourth-order valence-corrected chi connectivity index (χ4v) is 4.82. The number of halogens is 2. The first-order valence-electron chi connectivity index (χ1n) is 6.99. The van der Waals surface area contributed by atoms with Crippen LogP contribution in [0.5, 0.6) is 0 Å². The Kier molecular flexibility index (Phi) is 4.08. The number of alkyl halides is 2. The second-order valence-corrected chi connectivity index (χ2v) is 8.53. The van der Waals surface area contributed by atoms with E-state index in [0.29, 0.717) is 11.3 Å². The van der Waals surface area contributed by atoms with Crippen molar-refractivity contribution >= 4 is 33.0 Å². The summed E-state index contributed by atoms with van der Waals surface area (Å²) in [4.78, 5) is 11.5. The first-order valence-corrected chi connectivity index (χ1v) is 9.35. The van der Waals surface area contributed by atoms with E-state index >= 15 is 0 Å². The van der Waals surface area contributed by atoms with E-state index in [-0.39, 0.29) is 6.42 Å². The second-order valence-electron chi connectivity index (χ2n) is 5.37. The summed E-state index contributed by atoms with van der Waals surface area (Å²) in [6.45, 7) is 1.63. The molecule has 0 spiro atoms. The lowest BCUT2D eigenvalue weighted by molar-refractivity contribution is 0.0906. The third-order valence-electron chi connectivity index (χ3n) is 3.59. The van der Waals surface area contributed by atoms with Crippen LogP contribution in [-0.2, 0) is 26.2 Å². The zero-order valence-corrected chi connectivity index (χ0v) is 14.1. The number of benzene rings is 1. The third-order valence-corrected chi connectivity index (χ3v) is 6.78. The van der Waals surface area contributed by atoms with Gasteiger partial charge in [0.2, 0.25) is 0 Å². The van der Waals surface area contributed by atoms with Crippen LogP contribution in [0.2, 0.25) is 0 Å². The van der Waals surface area contributed by atoms with Gasteiger partial charge >= 0.3 is 11.3 Å². The number of nitrogens with one attached hydrogen (secondary N) is 1. The van der Waals surface area contributed by atoms with Gasteiger partial charge < -0.3 is 4.74 Å². The van der Waals surface area contributed by atoms with Crippen molar-refractivity contribution in [2.75, 3.05) is 5.32 Å². The summed E-state index contributed by atoms with van der Waals surface area (Å²) >= 11 is 0.739. The molecule has 0 aliphatic carbocycles. The van der Waals surface area contributed by atoms with Gasteiger partial charge in [-0.3, -0.25) is 5.32 Å². The molecule has 2 aromatic rings. The van der Waals surface area contributed by atoms with Crippen LogP contribution in [0.15, 0.2) is 39.9 Å². The Bertz CT molecular complexity index is 879. The number of hydrogen-bond donors (Lipinski definition) is 1. The van der Waals surface area contributed by atoms with Crippen LogP contribution in [0.1, 0.15) is 18.1 Å². The molecule has 1 aromatic heterocycles. The number of thiophene rings is 1. The molecule has 2 heterocycles. The number of carbonyl (C=O) groups is 1. The highest BCUT2D eigenvalue weighted by Crippen LogP contribution is 2.41. The van der Waals surface area contributed by atoms with Crippen molar-refractivity contribution in [2.24, 2.45) is 0 Å². The van der Waals surface area contributed by atoms with Crippen LogP contribution in [-0.4, -0.2) is 20.6 Å². The summed E-state index contributed by atoms with van der Waals surface area (Å²) in [7, 11) is -4.84. The SMILES string of the molecule is CC1Cc2cc(C(F)(F)S(=O)(=O)c3cccs3)ccc2NC(=O)O1. The number of rotatable bonds is 3. The average Bonchev–Trinajstić information content (AvgIpc) is 2.98. The fraction of sp³-hybridized carbons (Fsp3) is 0.267. The molecule has 1 aromatic carbocycles. The zero-order chi connectivity index (χ0) is 17.5. The molecular formula is C15H13F2NO4S2. The van der Waals surface area contributed by atoms with Crippen LogP contribution in [0, 0.1) is 0 Å².